The summed E-state index contributed by atoms with van der Waals surface area (Å²) in [5.41, 5.74) is 1.27. The molecule has 23 heavy (non-hydrogen) atoms. The van der Waals surface area contributed by atoms with Crippen LogP contribution in [0.15, 0.2) is 28.9 Å². The van der Waals surface area contributed by atoms with E-state index in [1.807, 2.05) is 18.3 Å². The predicted octanol–water partition coefficient (Wildman–Crippen LogP) is 2.69. The molecule has 1 aliphatic rings. The van der Waals surface area contributed by atoms with Crippen LogP contribution in [0.1, 0.15) is 47.5 Å². The van der Waals surface area contributed by atoms with Crippen LogP contribution in [0.3, 0.4) is 0 Å². The average molecular weight is 314 g/mol. The molecular weight excluding hydrogens is 292 g/mol. The van der Waals surface area contributed by atoms with Crippen LogP contribution >= 0.6 is 0 Å². The van der Waals surface area contributed by atoms with Gasteiger partial charge in [0.2, 0.25) is 0 Å². The minimum Gasteiger partial charge on any atom is -0.361 e. The quantitative estimate of drug-likeness (QED) is 0.939. The van der Waals surface area contributed by atoms with Crippen LogP contribution in [-0.2, 0) is 6.54 Å². The first-order valence-electron chi connectivity index (χ1n) is 8.14. The van der Waals surface area contributed by atoms with Crippen molar-refractivity contribution in [1.82, 2.24) is 15.5 Å². The summed E-state index contributed by atoms with van der Waals surface area (Å²) in [6.45, 7) is 4.34. The van der Waals surface area contributed by atoms with Crippen LogP contribution in [0.5, 0.6) is 0 Å². The second-order valence-electron chi connectivity index (χ2n) is 5.93. The van der Waals surface area contributed by atoms with Crippen molar-refractivity contribution >= 4 is 11.7 Å². The van der Waals surface area contributed by atoms with Crippen molar-refractivity contribution in [3.63, 3.8) is 0 Å². The molecule has 0 spiro atoms. The number of hydrogen-bond acceptors (Lipinski definition) is 5. The van der Waals surface area contributed by atoms with Crippen molar-refractivity contribution in [1.29, 1.82) is 0 Å². The van der Waals surface area contributed by atoms with Crippen molar-refractivity contribution in [3.8, 4) is 0 Å². The third-order valence-corrected chi connectivity index (χ3v) is 4.05. The van der Waals surface area contributed by atoms with E-state index in [0.717, 1.165) is 24.5 Å². The van der Waals surface area contributed by atoms with E-state index in [-0.39, 0.29) is 5.91 Å². The first kappa shape index (κ1) is 15.5. The largest absolute Gasteiger partial charge is 0.361 e. The highest BCUT2D eigenvalue weighted by molar-refractivity contribution is 5.92. The molecule has 0 aliphatic carbocycles. The zero-order valence-corrected chi connectivity index (χ0v) is 13.4. The average Bonchev–Trinajstić information content (AvgIpc) is 2.84. The fourth-order valence-corrected chi connectivity index (χ4v) is 2.75. The number of nitrogens with zero attached hydrogens (tertiary/aromatic N) is 3. The number of aryl methyl sites for hydroxylation is 1. The summed E-state index contributed by atoms with van der Waals surface area (Å²) in [6, 6.07) is 5.67. The van der Waals surface area contributed by atoms with Crippen molar-refractivity contribution in [2.75, 3.05) is 18.0 Å². The van der Waals surface area contributed by atoms with E-state index in [1.54, 1.807) is 13.0 Å². The monoisotopic (exact) mass is 314 g/mol. The van der Waals surface area contributed by atoms with Gasteiger partial charge >= 0.3 is 0 Å². The molecule has 1 amide bonds. The Morgan fingerprint density at radius 1 is 1.26 bits per heavy atom. The Balaban J connectivity index is 1.55. The topological polar surface area (TPSA) is 71.3 Å². The zero-order valence-electron chi connectivity index (χ0n) is 13.4. The Morgan fingerprint density at radius 3 is 2.65 bits per heavy atom. The Hall–Kier alpha value is -2.37. The van der Waals surface area contributed by atoms with Gasteiger partial charge in [0.05, 0.1) is 0 Å². The second kappa shape index (κ2) is 7.26. The van der Waals surface area contributed by atoms with Gasteiger partial charge in [-0.2, -0.15) is 0 Å². The molecule has 0 radical (unpaired) electrons. The fraction of sp³-hybridized carbons (Fsp3) is 0.471. The molecule has 3 rings (SSSR count). The molecule has 1 fully saturated rings. The maximum Gasteiger partial charge on any atom is 0.273 e. The molecule has 0 unspecified atom stereocenters. The van der Waals surface area contributed by atoms with E-state index >= 15 is 0 Å². The van der Waals surface area contributed by atoms with E-state index in [4.69, 9.17) is 4.52 Å². The van der Waals surface area contributed by atoms with Crippen molar-refractivity contribution in [2.24, 2.45) is 0 Å². The molecule has 1 N–H and O–H groups in total. The Labute approximate surface area is 135 Å². The molecule has 1 saturated heterocycles. The molecule has 2 aromatic rings. The van der Waals surface area contributed by atoms with E-state index in [0.29, 0.717) is 18.0 Å². The molecule has 122 valence electrons. The molecule has 3 heterocycles. The summed E-state index contributed by atoms with van der Waals surface area (Å²) in [4.78, 5) is 18.8. The highest BCUT2D eigenvalue weighted by Gasteiger charge is 2.12. The van der Waals surface area contributed by atoms with Crippen LogP contribution in [0, 0.1) is 6.92 Å². The van der Waals surface area contributed by atoms with Crippen LogP contribution in [0.25, 0.3) is 0 Å². The van der Waals surface area contributed by atoms with Gasteiger partial charge in [0.1, 0.15) is 11.6 Å². The van der Waals surface area contributed by atoms with Gasteiger partial charge in [-0.05, 0) is 31.4 Å². The first-order valence-corrected chi connectivity index (χ1v) is 8.14. The summed E-state index contributed by atoms with van der Waals surface area (Å²) < 4.78 is 4.90. The van der Waals surface area contributed by atoms with E-state index in [9.17, 15) is 4.79 Å². The summed E-state index contributed by atoms with van der Waals surface area (Å²) in [5.74, 6) is 1.41. The molecule has 0 atom stereocenters. The van der Waals surface area contributed by atoms with Crippen LogP contribution < -0.4 is 10.2 Å². The maximum atomic E-state index is 11.9. The van der Waals surface area contributed by atoms with E-state index < -0.39 is 0 Å². The van der Waals surface area contributed by atoms with Crippen LogP contribution in [-0.4, -0.2) is 29.1 Å². The number of carbonyl (C=O) groups is 1. The number of rotatable bonds is 4. The molecule has 6 heteroatoms. The third-order valence-electron chi connectivity index (χ3n) is 4.05. The first-order chi connectivity index (χ1) is 11.2. The summed E-state index contributed by atoms with van der Waals surface area (Å²) in [6.07, 6.45) is 6.91. The number of amides is 1. The molecule has 0 bridgehead atoms. The van der Waals surface area contributed by atoms with Gasteiger partial charge in [0.15, 0.2) is 5.69 Å². The van der Waals surface area contributed by atoms with Crippen LogP contribution in [0.2, 0.25) is 0 Å². The molecular formula is C17H22N4O2. The minimum absolute atomic E-state index is 0.238. The second-order valence-corrected chi connectivity index (χ2v) is 5.93. The van der Waals surface area contributed by atoms with Crippen molar-refractivity contribution in [3.05, 3.63) is 41.4 Å². The Kier molecular flexibility index (Phi) is 4.90. The van der Waals surface area contributed by atoms with Gasteiger partial charge in [-0.3, -0.25) is 4.79 Å². The van der Waals surface area contributed by atoms with E-state index in [1.165, 1.54) is 25.7 Å². The molecule has 0 saturated carbocycles. The van der Waals surface area contributed by atoms with Gasteiger partial charge in [-0.15, -0.1) is 0 Å². The number of hydrogen-bond donors (Lipinski definition) is 1. The molecule has 1 aliphatic heterocycles. The van der Waals surface area contributed by atoms with Gasteiger partial charge in [0.25, 0.3) is 5.91 Å². The van der Waals surface area contributed by atoms with Gasteiger partial charge in [-0.1, -0.05) is 24.1 Å². The highest BCUT2D eigenvalue weighted by atomic mass is 16.5. The van der Waals surface area contributed by atoms with Crippen molar-refractivity contribution < 1.29 is 9.32 Å². The van der Waals surface area contributed by atoms with Crippen LogP contribution in [0.4, 0.5) is 5.82 Å². The minimum atomic E-state index is -0.238. The summed E-state index contributed by atoms with van der Waals surface area (Å²) in [5, 5.41) is 6.53. The molecule has 2 aromatic heterocycles. The summed E-state index contributed by atoms with van der Waals surface area (Å²) >= 11 is 0. The number of nitrogens with one attached hydrogen (secondary N) is 1. The predicted molar refractivity (Wildman–Crippen MR) is 87.3 cm³/mol. The highest BCUT2D eigenvalue weighted by Crippen LogP contribution is 2.17. The van der Waals surface area contributed by atoms with Gasteiger partial charge < -0.3 is 14.7 Å². The number of anilines is 1. The maximum absolute atomic E-state index is 11.9. The van der Waals surface area contributed by atoms with Gasteiger partial charge in [0, 0.05) is 31.9 Å². The Bertz CT molecular complexity index is 643. The van der Waals surface area contributed by atoms with Gasteiger partial charge in [-0.25, -0.2) is 4.98 Å². The normalized spacial score (nSPS) is 15.3. The number of aromatic nitrogens is 2. The standard InChI is InChI=1S/C17H22N4O2/c1-13-10-15(20-23-13)17(22)19-12-14-6-7-16(18-11-14)21-8-4-2-3-5-9-21/h6-7,10-11H,2-5,8-9,12H2,1H3,(H,19,22). The number of pyridine rings is 1. The summed E-state index contributed by atoms with van der Waals surface area (Å²) in [7, 11) is 0. The Morgan fingerprint density at radius 2 is 2.04 bits per heavy atom. The lowest BCUT2D eigenvalue weighted by Gasteiger charge is -2.21. The number of carbonyl (C=O) groups excluding carboxylic acids is 1. The van der Waals surface area contributed by atoms with Crippen molar-refractivity contribution in [2.45, 2.75) is 39.2 Å². The van der Waals surface area contributed by atoms with E-state index in [2.05, 4.69) is 20.4 Å². The molecule has 0 aromatic carbocycles. The lowest BCUT2D eigenvalue weighted by molar-refractivity contribution is 0.0942. The molecule has 6 nitrogen and oxygen atoms in total. The fourth-order valence-electron chi connectivity index (χ4n) is 2.75. The lowest BCUT2D eigenvalue weighted by atomic mass is 10.2. The smallest absolute Gasteiger partial charge is 0.273 e. The third kappa shape index (κ3) is 4.09. The lowest BCUT2D eigenvalue weighted by Crippen LogP contribution is -2.25. The zero-order chi connectivity index (χ0) is 16.1. The SMILES string of the molecule is Cc1cc(C(=O)NCc2ccc(N3CCCCCC3)nc2)no1.